The van der Waals surface area contributed by atoms with Crippen LogP contribution in [0.25, 0.3) is 0 Å². The Kier molecular flexibility index (Phi) is 16.5. The highest BCUT2D eigenvalue weighted by atomic mass is 16.4. The van der Waals surface area contributed by atoms with E-state index in [-0.39, 0.29) is 18.7 Å². The van der Waals surface area contributed by atoms with E-state index in [4.69, 9.17) is 16.6 Å². The first-order chi connectivity index (χ1) is 13.0. The van der Waals surface area contributed by atoms with Gasteiger partial charge in [-0.3, -0.25) is 14.4 Å². The number of nitrogens with one attached hydrogen (secondary N) is 4. The molecular formula is C17H36N6O4. The van der Waals surface area contributed by atoms with E-state index in [0.717, 1.165) is 58.4 Å². The molecule has 0 aliphatic heterocycles. The summed E-state index contributed by atoms with van der Waals surface area (Å²) in [6, 6.07) is -0.887. The predicted octanol–water partition coefficient (Wildman–Crippen LogP) is -1.89. The van der Waals surface area contributed by atoms with Crippen LogP contribution in [0.15, 0.2) is 0 Å². The fourth-order valence-electron chi connectivity index (χ4n) is 2.22. The smallest absolute Gasteiger partial charge is 0.322 e. The highest BCUT2D eigenvalue weighted by molar-refractivity contribution is 5.85. The summed E-state index contributed by atoms with van der Waals surface area (Å²) in [7, 11) is 0. The van der Waals surface area contributed by atoms with E-state index in [1.165, 1.54) is 0 Å². The zero-order valence-electron chi connectivity index (χ0n) is 16.1. The van der Waals surface area contributed by atoms with E-state index >= 15 is 0 Å². The largest absolute Gasteiger partial charge is 0.480 e. The third kappa shape index (κ3) is 17.4. The van der Waals surface area contributed by atoms with Gasteiger partial charge in [-0.05, 0) is 64.8 Å². The first kappa shape index (κ1) is 25.2. The van der Waals surface area contributed by atoms with Crippen molar-refractivity contribution in [1.29, 1.82) is 0 Å². The van der Waals surface area contributed by atoms with Crippen LogP contribution in [0.1, 0.15) is 38.5 Å². The van der Waals surface area contributed by atoms with Crippen molar-refractivity contribution in [3.05, 3.63) is 0 Å². The number of carboxylic acid groups (broad SMARTS) is 1. The average Bonchev–Trinajstić information content (AvgIpc) is 2.64. The average molecular weight is 389 g/mol. The van der Waals surface area contributed by atoms with Gasteiger partial charge in [-0.15, -0.1) is 0 Å². The van der Waals surface area contributed by atoms with Gasteiger partial charge in [0, 0.05) is 13.0 Å². The Morgan fingerprint density at radius 2 is 1.44 bits per heavy atom. The molecule has 1 atom stereocenters. The van der Waals surface area contributed by atoms with Crippen LogP contribution in [0.5, 0.6) is 0 Å². The molecule has 9 N–H and O–H groups in total. The molecule has 27 heavy (non-hydrogen) atoms. The molecule has 10 heteroatoms. The maximum Gasteiger partial charge on any atom is 0.322 e. The first-order valence-corrected chi connectivity index (χ1v) is 9.60. The number of nitrogens with two attached hydrogens (primary N) is 2. The Labute approximate surface area is 161 Å². The molecule has 10 nitrogen and oxygen atoms in total. The maximum absolute atomic E-state index is 11.7. The molecule has 0 aromatic carbocycles. The van der Waals surface area contributed by atoms with Gasteiger partial charge in [0.15, 0.2) is 0 Å². The quantitative estimate of drug-likeness (QED) is 0.134. The minimum atomic E-state index is -1.14. The van der Waals surface area contributed by atoms with Gasteiger partial charge in [0.2, 0.25) is 11.8 Å². The van der Waals surface area contributed by atoms with Crippen LogP contribution < -0.4 is 32.7 Å². The van der Waals surface area contributed by atoms with Gasteiger partial charge in [0.05, 0.1) is 6.04 Å². The van der Waals surface area contributed by atoms with Crippen LogP contribution >= 0.6 is 0 Å². The Balaban J connectivity index is 3.43. The molecule has 2 amide bonds. The zero-order valence-corrected chi connectivity index (χ0v) is 16.1. The molecule has 0 aliphatic rings. The summed E-state index contributed by atoms with van der Waals surface area (Å²) < 4.78 is 0. The Bertz CT molecular complexity index is 422. The molecule has 0 fully saturated rings. The van der Waals surface area contributed by atoms with Gasteiger partial charge in [0.25, 0.3) is 0 Å². The van der Waals surface area contributed by atoms with Gasteiger partial charge in [-0.25, -0.2) is 0 Å². The van der Waals surface area contributed by atoms with Crippen molar-refractivity contribution in [2.75, 3.05) is 45.8 Å². The molecule has 0 saturated heterocycles. The number of carboxylic acids is 1. The molecule has 0 aromatic heterocycles. The lowest BCUT2D eigenvalue weighted by Gasteiger charge is -2.11. The van der Waals surface area contributed by atoms with Crippen LogP contribution in [0, 0.1) is 0 Å². The van der Waals surface area contributed by atoms with Crippen molar-refractivity contribution in [3.63, 3.8) is 0 Å². The van der Waals surface area contributed by atoms with E-state index in [9.17, 15) is 14.4 Å². The lowest BCUT2D eigenvalue weighted by atomic mass is 10.1. The van der Waals surface area contributed by atoms with Crippen molar-refractivity contribution < 1.29 is 19.5 Å². The lowest BCUT2D eigenvalue weighted by molar-refractivity contribution is -0.138. The molecule has 0 rings (SSSR count). The molecule has 0 spiro atoms. The number of aliphatic carboxylic acids is 1. The second-order valence-corrected chi connectivity index (χ2v) is 6.31. The van der Waals surface area contributed by atoms with Gasteiger partial charge in [-0.2, -0.15) is 0 Å². The van der Waals surface area contributed by atoms with Crippen molar-refractivity contribution in [1.82, 2.24) is 21.3 Å². The second kappa shape index (κ2) is 17.7. The van der Waals surface area contributed by atoms with Crippen LogP contribution in [0.3, 0.4) is 0 Å². The first-order valence-electron chi connectivity index (χ1n) is 9.60. The number of carbonyl (C=O) groups is 3. The minimum Gasteiger partial charge on any atom is -0.480 e. The normalized spacial score (nSPS) is 11.8. The third-order valence-corrected chi connectivity index (χ3v) is 3.80. The van der Waals surface area contributed by atoms with Gasteiger partial charge in [0.1, 0.15) is 6.54 Å². The topological polar surface area (TPSA) is 172 Å². The summed E-state index contributed by atoms with van der Waals surface area (Å²) in [5.74, 6) is -1.87. The highest BCUT2D eigenvalue weighted by Gasteiger charge is 2.15. The SMILES string of the molecule is NCCCNCCCCNCCCNC(=O)CCC(N)C(=O)NCC(=O)O. The van der Waals surface area contributed by atoms with Gasteiger partial charge >= 0.3 is 5.97 Å². The van der Waals surface area contributed by atoms with E-state index < -0.39 is 24.5 Å². The van der Waals surface area contributed by atoms with Crippen LogP contribution in [-0.4, -0.2) is 74.7 Å². The summed E-state index contributed by atoms with van der Waals surface area (Å²) in [6.07, 6.45) is 4.36. The molecule has 158 valence electrons. The van der Waals surface area contributed by atoms with E-state index in [2.05, 4.69) is 21.3 Å². The Morgan fingerprint density at radius 3 is 2.04 bits per heavy atom. The Morgan fingerprint density at radius 1 is 0.852 bits per heavy atom. The monoisotopic (exact) mass is 388 g/mol. The summed E-state index contributed by atoms with van der Waals surface area (Å²) in [6.45, 7) is 4.57. The van der Waals surface area contributed by atoms with Crippen molar-refractivity contribution in [3.8, 4) is 0 Å². The van der Waals surface area contributed by atoms with Crippen LogP contribution in [-0.2, 0) is 14.4 Å². The van der Waals surface area contributed by atoms with Crippen molar-refractivity contribution in [2.24, 2.45) is 11.5 Å². The fourth-order valence-corrected chi connectivity index (χ4v) is 2.22. The molecule has 0 heterocycles. The van der Waals surface area contributed by atoms with Crippen LogP contribution in [0.4, 0.5) is 0 Å². The fraction of sp³-hybridized carbons (Fsp3) is 0.824. The van der Waals surface area contributed by atoms with Crippen LogP contribution in [0.2, 0.25) is 0 Å². The predicted molar refractivity (Wildman–Crippen MR) is 104 cm³/mol. The molecule has 0 radical (unpaired) electrons. The maximum atomic E-state index is 11.7. The zero-order chi connectivity index (χ0) is 20.3. The van der Waals surface area contributed by atoms with Crippen molar-refractivity contribution in [2.45, 2.75) is 44.6 Å². The minimum absolute atomic E-state index is 0.131. The molecular weight excluding hydrogens is 352 g/mol. The van der Waals surface area contributed by atoms with E-state index in [1.807, 2.05) is 0 Å². The number of unbranched alkanes of at least 4 members (excludes halogenated alkanes) is 1. The van der Waals surface area contributed by atoms with Gasteiger partial charge in [-0.1, -0.05) is 0 Å². The molecule has 0 aromatic rings. The summed E-state index contributed by atoms with van der Waals surface area (Å²) in [4.78, 5) is 33.5. The number of hydrogen-bond acceptors (Lipinski definition) is 7. The molecule has 0 saturated carbocycles. The number of amides is 2. The number of hydrogen-bond donors (Lipinski definition) is 7. The highest BCUT2D eigenvalue weighted by Crippen LogP contribution is 1.95. The summed E-state index contributed by atoms with van der Waals surface area (Å²) in [5, 5.41) is 20.1. The third-order valence-electron chi connectivity index (χ3n) is 3.80. The number of rotatable bonds is 18. The molecule has 1 unspecified atom stereocenters. The summed E-state index contributed by atoms with van der Waals surface area (Å²) >= 11 is 0. The summed E-state index contributed by atoms with van der Waals surface area (Å²) in [5.41, 5.74) is 11.0. The Hall–Kier alpha value is -1.75. The second-order valence-electron chi connectivity index (χ2n) is 6.31. The molecule has 0 aliphatic carbocycles. The lowest BCUT2D eigenvalue weighted by Crippen LogP contribution is -2.43. The van der Waals surface area contributed by atoms with E-state index in [1.54, 1.807) is 0 Å². The van der Waals surface area contributed by atoms with Gasteiger partial charge < -0.3 is 37.8 Å². The standard InChI is InChI=1S/C17H36N6O4/c18-7-3-10-20-8-1-2-9-21-11-4-12-22-15(24)6-5-14(19)17(27)23-13-16(25)26/h14,20-21H,1-13,18-19H2,(H,22,24)(H,23,27)(H,25,26). The molecule has 0 bridgehead atoms. The van der Waals surface area contributed by atoms with Crippen molar-refractivity contribution >= 4 is 17.8 Å². The number of carbonyl (C=O) groups excluding carboxylic acids is 2. The van der Waals surface area contributed by atoms with E-state index in [0.29, 0.717) is 6.54 Å².